The van der Waals surface area contributed by atoms with Crippen molar-refractivity contribution in [1.82, 2.24) is 5.32 Å². The van der Waals surface area contributed by atoms with Gasteiger partial charge >= 0.3 is 0 Å². The highest BCUT2D eigenvalue weighted by molar-refractivity contribution is 5.77. The molecule has 29 heavy (non-hydrogen) atoms. The number of carbonyl (C=O) groups is 1. The van der Waals surface area contributed by atoms with E-state index in [-0.39, 0.29) is 18.0 Å². The van der Waals surface area contributed by atoms with Gasteiger partial charge in [-0.3, -0.25) is 4.79 Å². The van der Waals surface area contributed by atoms with Crippen molar-refractivity contribution in [3.05, 3.63) is 71.3 Å². The maximum atomic E-state index is 12.9. The Balaban J connectivity index is 1.39. The van der Waals surface area contributed by atoms with Gasteiger partial charge in [-0.05, 0) is 12.5 Å². The van der Waals surface area contributed by atoms with Crippen molar-refractivity contribution in [2.24, 2.45) is 0 Å². The van der Waals surface area contributed by atoms with Gasteiger partial charge in [-0.2, -0.15) is 0 Å². The summed E-state index contributed by atoms with van der Waals surface area (Å²) in [5, 5.41) is 3.33. The molecular weight excluding hydrogens is 362 g/mol. The number of quaternary nitrogens is 2. The first-order valence-electron chi connectivity index (χ1n) is 10.9. The number of hydrogen-bond acceptors (Lipinski definition) is 2. The van der Waals surface area contributed by atoms with Crippen LogP contribution in [-0.2, 0) is 22.5 Å². The molecule has 5 nitrogen and oxygen atoms in total. The molecule has 1 unspecified atom stereocenters. The van der Waals surface area contributed by atoms with Crippen LogP contribution in [0, 0.1) is 0 Å². The standard InChI is InChI=1S/C24H31N3O2/c1-19(24(21-8-3-2-4-9-21)27-13-15-29-16-14-27)25-23(28)18-26-12-11-20-7-5-6-10-22(20)17-26/h2-10,19,24H,11-18H2,1H3,(H,25,28)/p+2/t19-,24+/m1/s1. The first-order valence-corrected chi connectivity index (χ1v) is 10.9. The second kappa shape index (κ2) is 9.53. The molecule has 0 spiro atoms. The van der Waals surface area contributed by atoms with Crippen LogP contribution in [0.3, 0.4) is 0 Å². The molecule has 0 bridgehead atoms. The number of hydrogen-bond donors (Lipinski definition) is 3. The highest BCUT2D eigenvalue weighted by Crippen LogP contribution is 2.14. The van der Waals surface area contributed by atoms with E-state index in [0.29, 0.717) is 6.54 Å². The fourth-order valence-corrected chi connectivity index (χ4v) is 4.89. The molecule has 4 rings (SSSR count). The Hall–Kier alpha value is -2.21. The third-order valence-corrected chi connectivity index (χ3v) is 6.34. The molecule has 0 aliphatic carbocycles. The fourth-order valence-electron chi connectivity index (χ4n) is 4.89. The van der Waals surface area contributed by atoms with Crippen LogP contribution in [0.25, 0.3) is 0 Å². The Morgan fingerprint density at radius 2 is 1.69 bits per heavy atom. The van der Waals surface area contributed by atoms with Crippen LogP contribution < -0.4 is 15.1 Å². The molecule has 1 amide bonds. The summed E-state index contributed by atoms with van der Waals surface area (Å²) in [7, 11) is 0. The molecule has 0 saturated carbocycles. The van der Waals surface area contributed by atoms with Crippen LogP contribution in [0.5, 0.6) is 0 Å². The van der Waals surface area contributed by atoms with E-state index in [1.165, 1.54) is 26.5 Å². The van der Waals surface area contributed by atoms with E-state index in [9.17, 15) is 4.79 Å². The molecule has 2 aliphatic heterocycles. The molecule has 3 atom stereocenters. The van der Waals surface area contributed by atoms with Crippen LogP contribution in [-0.4, -0.2) is 51.3 Å². The molecule has 2 aromatic carbocycles. The van der Waals surface area contributed by atoms with E-state index < -0.39 is 0 Å². The third-order valence-electron chi connectivity index (χ3n) is 6.34. The summed E-state index contributed by atoms with van der Waals surface area (Å²) in [4.78, 5) is 15.7. The average Bonchev–Trinajstić information content (AvgIpc) is 2.75. The van der Waals surface area contributed by atoms with E-state index in [4.69, 9.17) is 4.74 Å². The third kappa shape index (κ3) is 5.04. The van der Waals surface area contributed by atoms with Gasteiger partial charge in [0.05, 0.1) is 25.8 Å². The van der Waals surface area contributed by atoms with Gasteiger partial charge in [-0.25, -0.2) is 0 Å². The predicted octanol–water partition coefficient (Wildman–Crippen LogP) is -0.211. The number of ether oxygens (including phenoxy) is 1. The smallest absolute Gasteiger partial charge is 0.275 e. The lowest BCUT2D eigenvalue weighted by molar-refractivity contribution is -0.940. The molecule has 0 radical (unpaired) electrons. The SMILES string of the molecule is C[C@@H](NC(=O)C[NH+]1CCc2ccccc2C1)[C@@H](c1ccccc1)[NH+]1CCOCC1. The monoisotopic (exact) mass is 395 g/mol. The van der Waals surface area contributed by atoms with Gasteiger partial charge in [-0.15, -0.1) is 0 Å². The zero-order chi connectivity index (χ0) is 20.1. The number of amides is 1. The topological polar surface area (TPSA) is 47.2 Å². The molecule has 2 heterocycles. The lowest BCUT2D eigenvalue weighted by Crippen LogP contribution is -3.15. The molecule has 1 saturated heterocycles. The van der Waals surface area contributed by atoms with Crippen molar-refractivity contribution in [1.29, 1.82) is 0 Å². The molecule has 1 fully saturated rings. The quantitative estimate of drug-likeness (QED) is 0.634. The molecule has 154 valence electrons. The summed E-state index contributed by atoms with van der Waals surface area (Å²) in [6.07, 6.45) is 1.05. The van der Waals surface area contributed by atoms with Crippen molar-refractivity contribution in [2.45, 2.75) is 32.0 Å². The van der Waals surface area contributed by atoms with E-state index in [0.717, 1.165) is 45.8 Å². The van der Waals surface area contributed by atoms with Crippen molar-refractivity contribution >= 4 is 5.91 Å². The zero-order valence-corrected chi connectivity index (χ0v) is 17.3. The normalized spacial score (nSPS) is 21.8. The fraction of sp³-hybridized carbons (Fsp3) is 0.458. The zero-order valence-electron chi connectivity index (χ0n) is 17.3. The summed E-state index contributed by atoms with van der Waals surface area (Å²) in [5.41, 5.74) is 4.11. The average molecular weight is 396 g/mol. The maximum Gasteiger partial charge on any atom is 0.275 e. The van der Waals surface area contributed by atoms with Crippen LogP contribution in [0.1, 0.15) is 29.7 Å². The Kier molecular flexibility index (Phi) is 6.60. The Morgan fingerprint density at radius 1 is 1.00 bits per heavy atom. The number of fused-ring (bicyclic) bond motifs is 1. The molecule has 0 aromatic heterocycles. The number of rotatable bonds is 6. The first kappa shape index (κ1) is 20.1. The van der Waals surface area contributed by atoms with Crippen molar-refractivity contribution in [3.63, 3.8) is 0 Å². The van der Waals surface area contributed by atoms with Gasteiger partial charge in [0.1, 0.15) is 25.7 Å². The van der Waals surface area contributed by atoms with Gasteiger partial charge < -0.3 is 19.9 Å². The Bertz CT molecular complexity index is 805. The van der Waals surface area contributed by atoms with Crippen molar-refractivity contribution in [3.8, 4) is 0 Å². The number of carbonyl (C=O) groups excluding carboxylic acids is 1. The Morgan fingerprint density at radius 3 is 2.45 bits per heavy atom. The van der Waals surface area contributed by atoms with E-state index in [1.54, 1.807) is 0 Å². The summed E-state index contributed by atoms with van der Waals surface area (Å²) in [6.45, 7) is 8.19. The molecule has 2 aliphatic rings. The number of benzene rings is 2. The minimum atomic E-state index is 0.0782. The highest BCUT2D eigenvalue weighted by Gasteiger charge is 2.33. The van der Waals surface area contributed by atoms with E-state index in [1.807, 2.05) is 0 Å². The van der Waals surface area contributed by atoms with Crippen LogP contribution >= 0.6 is 0 Å². The van der Waals surface area contributed by atoms with Gasteiger partial charge in [0.25, 0.3) is 5.91 Å². The van der Waals surface area contributed by atoms with E-state index >= 15 is 0 Å². The molecular formula is C24H33N3O2+2. The first-order chi connectivity index (χ1) is 14.2. The number of nitrogens with one attached hydrogen (secondary N) is 3. The summed E-state index contributed by atoms with van der Waals surface area (Å²) in [6, 6.07) is 19.5. The minimum Gasteiger partial charge on any atom is -0.370 e. The lowest BCUT2D eigenvalue weighted by atomic mass is 9.98. The lowest BCUT2D eigenvalue weighted by Gasteiger charge is -2.35. The molecule has 5 heteroatoms. The highest BCUT2D eigenvalue weighted by atomic mass is 16.5. The van der Waals surface area contributed by atoms with Crippen molar-refractivity contribution < 1.29 is 19.3 Å². The molecule has 2 aromatic rings. The minimum absolute atomic E-state index is 0.0782. The Labute approximate surface area is 173 Å². The number of morpholine rings is 1. The summed E-state index contributed by atoms with van der Waals surface area (Å²) in [5.74, 6) is 0.153. The van der Waals surface area contributed by atoms with Gasteiger partial charge in [0.15, 0.2) is 6.54 Å². The second-order valence-corrected chi connectivity index (χ2v) is 8.39. The summed E-state index contributed by atoms with van der Waals surface area (Å²) < 4.78 is 5.56. The van der Waals surface area contributed by atoms with Crippen LogP contribution in [0.4, 0.5) is 0 Å². The largest absolute Gasteiger partial charge is 0.370 e. The molecule has 3 N–H and O–H groups in total. The van der Waals surface area contributed by atoms with Crippen molar-refractivity contribution in [2.75, 3.05) is 39.4 Å². The predicted molar refractivity (Wildman–Crippen MR) is 113 cm³/mol. The van der Waals surface area contributed by atoms with Gasteiger partial charge in [0.2, 0.25) is 0 Å². The van der Waals surface area contributed by atoms with Gasteiger partial charge in [0, 0.05) is 17.5 Å². The second-order valence-electron chi connectivity index (χ2n) is 8.39. The van der Waals surface area contributed by atoms with E-state index in [2.05, 4.69) is 66.8 Å². The van der Waals surface area contributed by atoms with Crippen LogP contribution in [0.15, 0.2) is 54.6 Å². The maximum absolute atomic E-state index is 12.9. The van der Waals surface area contributed by atoms with Crippen LogP contribution in [0.2, 0.25) is 0 Å². The summed E-state index contributed by atoms with van der Waals surface area (Å²) >= 11 is 0. The van der Waals surface area contributed by atoms with Gasteiger partial charge in [-0.1, -0.05) is 54.6 Å².